The van der Waals surface area contributed by atoms with E-state index in [-0.39, 0.29) is 6.04 Å². The van der Waals surface area contributed by atoms with Gasteiger partial charge in [0.1, 0.15) is 18.2 Å². The molecule has 0 unspecified atom stereocenters. The second-order valence-electron chi connectivity index (χ2n) is 10.3. The first-order valence-electron chi connectivity index (χ1n) is 12.8. The molecule has 1 aliphatic heterocycles. The lowest BCUT2D eigenvalue weighted by atomic mass is 10.0. The molecular weight excluding hydrogens is 495 g/mol. The number of alkyl halides is 3. The highest BCUT2D eigenvalue weighted by Gasteiger charge is 2.29. The molecule has 0 bridgehead atoms. The van der Waals surface area contributed by atoms with Crippen LogP contribution in [0.4, 0.5) is 30.5 Å². The summed E-state index contributed by atoms with van der Waals surface area (Å²) in [5.41, 5.74) is 9.16. The lowest BCUT2D eigenvalue weighted by Crippen LogP contribution is -2.43. The van der Waals surface area contributed by atoms with Crippen LogP contribution in [0.1, 0.15) is 33.1 Å². The molecule has 0 aromatic carbocycles. The number of nitrogens with one attached hydrogen (secondary N) is 1. The summed E-state index contributed by atoms with van der Waals surface area (Å²) in [6.07, 6.45) is 4.83. The summed E-state index contributed by atoms with van der Waals surface area (Å²) in [6, 6.07) is 5.77. The van der Waals surface area contributed by atoms with Crippen LogP contribution in [0.3, 0.4) is 0 Å². The number of rotatable bonds is 8. The quantitative estimate of drug-likeness (QED) is 0.334. The van der Waals surface area contributed by atoms with Gasteiger partial charge in [-0.05, 0) is 37.3 Å². The van der Waals surface area contributed by atoms with Crippen LogP contribution in [0.25, 0.3) is 22.2 Å². The number of aryl methyl sites for hydroxylation is 1. The van der Waals surface area contributed by atoms with Crippen LogP contribution in [-0.4, -0.2) is 54.8 Å². The number of nitrogens with two attached hydrogens (primary N) is 1. The van der Waals surface area contributed by atoms with Gasteiger partial charge < -0.3 is 16.0 Å². The fourth-order valence-corrected chi connectivity index (χ4v) is 4.70. The van der Waals surface area contributed by atoms with E-state index in [0.29, 0.717) is 35.2 Å². The fourth-order valence-electron chi connectivity index (χ4n) is 4.70. The zero-order valence-electron chi connectivity index (χ0n) is 21.5. The zero-order valence-corrected chi connectivity index (χ0v) is 21.5. The Bertz CT molecular complexity index is 1390. The smallest absolute Gasteiger partial charge is 0.369 e. The maximum atomic E-state index is 12.9. The van der Waals surface area contributed by atoms with Crippen molar-refractivity contribution in [3.63, 3.8) is 0 Å². The largest absolute Gasteiger partial charge is 0.408 e. The first-order chi connectivity index (χ1) is 18.1. The number of hydrogen-bond acceptors (Lipinski definition) is 7. The van der Waals surface area contributed by atoms with E-state index in [4.69, 9.17) is 10.7 Å². The van der Waals surface area contributed by atoms with Gasteiger partial charge in [0.2, 0.25) is 0 Å². The average molecular weight is 528 g/mol. The van der Waals surface area contributed by atoms with Crippen molar-refractivity contribution in [1.29, 1.82) is 0 Å². The van der Waals surface area contributed by atoms with Crippen LogP contribution in [0.2, 0.25) is 0 Å². The number of halogens is 3. The van der Waals surface area contributed by atoms with E-state index in [2.05, 4.69) is 39.2 Å². The lowest BCUT2D eigenvalue weighted by Gasteiger charge is -2.34. The Labute approximate surface area is 218 Å². The first kappa shape index (κ1) is 26.0. The van der Waals surface area contributed by atoms with Gasteiger partial charge in [0.15, 0.2) is 5.65 Å². The highest BCUT2D eigenvalue weighted by molar-refractivity contribution is 5.81. The molecule has 12 heteroatoms. The molecule has 0 radical (unpaired) electrons. The number of piperidine rings is 1. The summed E-state index contributed by atoms with van der Waals surface area (Å²) in [5.74, 6) is 1.76. The highest BCUT2D eigenvalue weighted by Crippen LogP contribution is 2.34. The van der Waals surface area contributed by atoms with E-state index in [1.807, 2.05) is 29.1 Å². The van der Waals surface area contributed by atoms with Crippen molar-refractivity contribution in [2.24, 2.45) is 11.7 Å². The minimum atomic E-state index is -4.35. The third-order valence-electron chi connectivity index (χ3n) is 6.63. The van der Waals surface area contributed by atoms with Crippen LogP contribution < -0.4 is 16.0 Å². The predicted octanol–water partition coefficient (Wildman–Crippen LogP) is 4.97. The normalized spacial score (nSPS) is 16.5. The van der Waals surface area contributed by atoms with Crippen LogP contribution in [0.15, 0.2) is 43.0 Å². The Morgan fingerprint density at radius 1 is 1.13 bits per heavy atom. The SMILES string of the molecule is CC(C)CCn1ncc2ccc(Nc3cc(N4CCC[C@H](N)C4)c(-c4cnn(CC(F)(F)F)c4)cn3)nc21. The molecule has 1 aliphatic rings. The molecule has 1 fully saturated rings. The van der Waals surface area contributed by atoms with E-state index in [1.54, 1.807) is 6.20 Å². The van der Waals surface area contributed by atoms with Crippen molar-refractivity contribution in [2.75, 3.05) is 23.3 Å². The second-order valence-corrected chi connectivity index (χ2v) is 10.3. The minimum absolute atomic E-state index is 0.0179. The van der Waals surface area contributed by atoms with Crippen molar-refractivity contribution in [3.05, 3.63) is 43.0 Å². The van der Waals surface area contributed by atoms with Crippen molar-refractivity contribution in [1.82, 2.24) is 29.5 Å². The van der Waals surface area contributed by atoms with Gasteiger partial charge in [-0.15, -0.1) is 0 Å². The number of aromatic nitrogens is 6. The monoisotopic (exact) mass is 527 g/mol. The maximum absolute atomic E-state index is 12.9. The van der Waals surface area contributed by atoms with Gasteiger partial charge >= 0.3 is 6.18 Å². The summed E-state index contributed by atoms with van der Waals surface area (Å²) >= 11 is 0. The van der Waals surface area contributed by atoms with E-state index in [9.17, 15) is 13.2 Å². The molecule has 0 aliphatic carbocycles. The average Bonchev–Trinajstić information content (AvgIpc) is 3.48. The maximum Gasteiger partial charge on any atom is 0.408 e. The molecule has 0 amide bonds. The van der Waals surface area contributed by atoms with Gasteiger partial charge in [0.05, 0.1) is 12.4 Å². The molecule has 1 atom stereocenters. The molecule has 0 spiro atoms. The molecule has 3 N–H and O–H groups in total. The van der Waals surface area contributed by atoms with E-state index < -0.39 is 12.7 Å². The van der Waals surface area contributed by atoms with Gasteiger partial charge in [0.25, 0.3) is 0 Å². The molecule has 4 aromatic rings. The van der Waals surface area contributed by atoms with Crippen molar-refractivity contribution >= 4 is 28.4 Å². The highest BCUT2D eigenvalue weighted by atomic mass is 19.4. The zero-order chi connectivity index (χ0) is 26.9. The summed E-state index contributed by atoms with van der Waals surface area (Å²) < 4.78 is 41.5. The Kier molecular flexibility index (Phi) is 7.24. The van der Waals surface area contributed by atoms with E-state index >= 15 is 0 Å². The number of fused-ring (bicyclic) bond motifs is 1. The van der Waals surface area contributed by atoms with Gasteiger partial charge in [-0.25, -0.2) is 14.6 Å². The second kappa shape index (κ2) is 10.6. The summed E-state index contributed by atoms with van der Waals surface area (Å²) in [7, 11) is 0. The number of hydrogen-bond donors (Lipinski definition) is 2. The molecular formula is C26H32F3N9. The van der Waals surface area contributed by atoms with E-state index in [1.165, 1.54) is 12.4 Å². The first-order valence-corrected chi connectivity index (χ1v) is 12.8. The molecule has 38 heavy (non-hydrogen) atoms. The molecule has 202 valence electrons. The standard InChI is InChI=1S/C26H32F3N9/c1-17(2)7-9-38-25-18(11-33-38)5-6-23(35-25)34-24-10-22(36-8-3-4-20(30)15-36)21(13-31-24)19-12-32-37(14-19)16-26(27,28)29/h5-6,10-14,17,20H,3-4,7-9,15-16,30H2,1-2H3,(H,31,34,35)/t20-/m0/s1. The topological polar surface area (TPSA) is 103 Å². The van der Waals surface area contributed by atoms with Crippen molar-refractivity contribution < 1.29 is 13.2 Å². The van der Waals surface area contributed by atoms with Gasteiger partial charge in [-0.2, -0.15) is 23.4 Å². The molecule has 0 saturated carbocycles. The molecule has 1 saturated heterocycles. The minimum Gasteiger partial charge on any atom is -0.369 e. The van der Waals surface area contributed by atoms with Gasteiger partial charge in [-0.3, -0.25) is 4.68 Å². The Morgan fingerprint density at radius 2 is 1.97 bits per heavy atom. The van der Waals surface area contributed by atoms with Crippen molar-refractivity contribution in [3.8, 4) is 11.1 Å². The van der Waals surface area contributed by atoms with E-state index in [0.717, 1.165) is 53.8 Å². The Hall–Kier alpha value is -3.67. The van der Waals surface area contributed by atoms with Gasteiger partial charge in [-0.1, -0.05) is 13.8 Å². The third kappa shape index (κ3) is 6.07. The lowest BCUT2D eigenvalue weighted by molar-refractivity contribution is -0.142. The summed E-state index contributed by atoms with van der Waals surface area (Å²) in [5, 5.41) is 12.7. The summed E-state index contributed by atoms with van der Waals surface area (Å²) in [6.45, 7) is 5.43. The van der Waals surface area contributed by atoms with Crippen LogP contribution in [0.5, 0.6) is 0 Å². The molecule has 4 aromatic heterocycles. The Morgan fingerprint density at radius 3 is 2.74 bits per heavy atom. The van der Waals surface area contributed by atoms with Gasteiger partial charge in [0, 0.05) is 66.3 Å². The van der Waals surface area contributed by atoms with Crippen LogP contribution >= 0.6 is 0 Å². The number of nitrogens with zero attached hydrogens (tertiary/aromatic N) is 7. The van der Waals surface area contributed by atoms with Crippen LogP contribution in [0, 0.1) is 5.92 Å². The number of anilines is 3. The number of pyridine rings is 2. The predicted molar refractivity (Wildman–Crippen MR) is 141 cm³/mol. The third-order valence-corrected chi connectivity index (χ3v) is 6.63. The molecule has 5 rings (SSSR count). The Balaban J connectivity index is 1.45. The van der Waals surface area contributed by atoms with Crippen molar-refractivity contribution in [2.45, 2.75) is 58.4 Å². The summed E-state index contributed by atoms with van der Waals surface area (Å²) in [4.78, 5) is 11.5. The molecule has 9 nitrogen and oxygen atoms in total. The van der Waals surface area contributed by atoms with Crippen LogP contribution in [-0.2, 0) is 13.1 Å². The molecule has 5 heterocycles. The fraction of sp³-hybridized carbons (Fsp3) is 0.462.